The van der Waals surface area contributed by atoms with Crippen molar-refractivity contribution in [2.75, 3.05) is 32.3 Å². The summed E-state index contributed by atoms with van der Waals surface area (Å²) in [5, 5.41) is 6.91. The molecule has 50 heteroatoms. The molecule has 6 heterocycles. The molecule has 5 aliphatic heterocycles. The number of aromatic nitrogens is 3. The van der Waals surface area contributed by atoms with Crippen molar-refractivity contribution in [3.63, 3.8) is 0 Å². The summed E-state index contributed by atoms with van der Waals surface area (Å²) >= 11 is 13.4. The lowest BCUT2D eigenvalue weighted by Crippen LogP contribution is -2.71. The predicted octanol–water partition coefficient (Wildman–Crippen LogP) is -0.667. The van der Waals surface area contributed by atoms with Gasteiger partial charge in [0.05, 0.1) is 43.4 Å². The quantitative estimate of drug-likeness (QED) is 0.0352. The Morgan fingerprint density at radius 3 is 1.23 bits per heavy atom. The zero-order valence-corrected chi connectivity index (χ0v) is 73.2. The number of nitrogens with zero attached hydrogens (tertiary/aromatic N) is 4. The average Bonchev–Trinajstić information content (AvgIpc) is 1.08. The lowest BCUT2D eigenvalue weighted by molar-refractivity contribution is -0.378. The van der Waals surface area contributed by atoms with Crippen LogP contribution in [0.1, 0.15) is 137 Å². The first kappa shape index (κ1) is 103. The average molecular weight is 1840 g/mol. The topological polar surface area (TPSA) is 581 Å². The van der Waals surface area contributed by atoms with Crippen molar-refractivity contribution in [3.05, 3.63) is 23.5 Å². The molecule has 0 saturated carbocycles. The number of esters is 17. The third-order valence-corrected chi connectivity index (χ3v) is 19.7. The highest BCUT2D eigenvalue weighted by molar-refractivity contribution is 6.21. The van der Waals surface area contributed by atoms with E-state index < -0.39 is 323 Å². The van der Waals surface area contributed by atoms with Crippen LogP contribution in [-0.4, -0.2) is 330 Å². The van der Waals surface area contributed by atoms with Crippen LogP contribution in [0.5, 0.6) is 0 Å². The highest BCUT2D eigenvalue weighted by Gasteiger charge is 2.66. The minimum atomic E-state index is -2.48. The standard InChI is InChI=1S/C76H100Cl2N4O44/c1-29-56(82(30(2)83)50-20-48(23-101-31(3)84)57(107-35(7)88)64(112-40(12)93)58(50)108-36(8)89)63(111-39(11)92)68(116-44(16)97)73(106-29)123-60-54(27-104-34(6)87)122-74(70(118-46(18)99)66(60)114-42(14)95)124-59-53(26-103-33(5)86)121-72(69(117-45(17)98)65(59)113-41(13)94)105-24-49-21-81(80-79-49)22-51-61(109-37(9)90)71(119-47(19)100)76(28-77,125-51)126-75-67(115-43(15)96)62(110-38(10)91)55(78)52(120-75)25-102-32(4)85/h20-21,29,50-75H,22-28H2,1-19H3/t29?,50-,51+,52+,53?,54?,55-,56+,57+,58-,59+,60+,61+,62-,63?,64-,65?,66?,67+,68?,69?,70?,71-,72+,73+,74+,75+,76-/m0/s1. The van der Waals surface area contributed by atoms with Crippen molar-refractivity contribution in [1.29, 1.82) is 0 Å². The van der Waals surface area contributed by atoms with Crippen molar-refractivity contribution < 1.29 is 209 Å². The Labute approximate surface area is 728 Å². The van der Waals surface area contributed by atoms with E-state index in [0.717, 1.165) is 134 Å². The number of alkyl halides is 2. The van der Waals surface area contributed by atoms with Gasteiger partial charge in [-0.1, -0.05) is 11.3 Å². The molecule has 5 saturated heterocycles. The normalized spacial score (nSPS) is 32.1. The third kappa shape index (κ3) is 28.0. The van der Waals surface area contributed by atoms with E-state index in [9.17, 15) is 86.3 Å². The molecule has 7 rings (SSSR count). The predicted molar refractivity (Wildman–Crippen MR) is 401 cm³/mol. The maximum atomic E-state index is 14.7. The molecule has 5 fully saturated rings. The molecule has 0 spiro atoms. The Morgan fingerprint density at radius 1 is 0.397 bits per heavy atom. The number of halogens is 2. The van der Waals surface area contributed by atoms with Crippen LogP contribution in [-0.2, 0) is 223 Å². The summed E-state index contributed by atoms with van der Waals surface area (Å²) in [6, 6.07) is -3.50. The fourth-order valence-corrected chi connectivity index (χ4v) is 15.3. The number of hydrogen-bond donors (Lipinski definition) is 0. The van der Waals surface area contributed by atoms with Crippen molar-refractivity contribution >= 4 is 131 Å². The van der Waals surface area contributed by atoms with E-state index in [0.29, 0.717) is 0 Å². The molecular formula is C76H100Cl2N4O44. The highest BCUT2D eigenvalue weighted by atomic mass is 35.5. The van der Waals surface area contributed by atoms with E-state index in [-0.39, 0.29) is 11.3 Å². The van der Waals surface area contributed by atoms with Crippen molar-refractivity contribution in [2.45, 2.75) is 315 Å². The van der Waals surface area contributed by atoms with Gasteiger partial charge in [0, 0.05) is 130 Å². The van der Waals surface area contributed by atoms with Crippen molar-refractivity contribution in [1.82, 2.24) is 19.9 Å². The van der Waals surface area contributed by atoms with E-state index in [1.807, 2.05) is 0 Å². The van der Waals surface area contributed by atoms with E-state index in [1.54, 1.807) is 0 Å². The van der Waals surface area contributed by atoms with E-state index >= 15 is 0 Å². The Bertz CT molecular complexity index is 4200. The molecule has 0 bridgehead atoms. The molecule has 1 aromatic rings. The van der Waals surface area contributed by atoms with Crippen LogP contribution >= 0.6 is 23.2 Å². The monoisotopic (exact) mass is 1840 g/mol. The molecule has 9 unspecified atom stereocenters. The summed E-state index contributed by atoms with van der Waals surface area (Å²) in [4.78, 5) is 237. The Balaban J connectivity index is 1.27. The molecule has 1 amide bonds. The smallest absolute Gasteiger partial charge is 0.303 e. The molecule has 28 atom stereocenters. The number of carbonyl (C=O) groups is 18. The molecule has 0 aromatic carbocycles. The van der Waals surface area contributed by atoms with Gasteiger partial charge in [0.2, 0.25) is 18.0 Å². The van der Waals surface area contributed by atoms with E-state index in [2.05, 4.69) is 10.3 Å². The minimum Gasteiger partial charge on any atom is -0.463 e. The fourth-order valence-electron chi connectivity index (χ4n) is 14.7. The summed E-state index contributed by atoms with van der Waals surface area (Å²) in [5.74, 6) is -21.8. The van der Waals surface area contributed by atoms with Gasteiger partial charge in [-0.2, -0.15) is 0 Å². The Morgan fingerprint density at radius 2 is 0.778 bits per heavy atom. The largest absolute Gasteiger partial charge is 0.463 e. The van der Waals surface area contributed by atoms with Gasteiger partial charge in [0.1, 0.15) is 74.1 Å². The van der Waals surface area contributed by atoms with Gasteiger partial charge >= 0.3 is 101 Å². The van der Waals surface area contributed by atoms with Crippen LogP contribution in [0.3, 0.4) is 0 Å². The highest BCUT2D eigenvalue weighted by Crippen LogP contribution is 2.45. The second-order valence-electron chi connectivity index (χ2n) is 29.2. The zero-order valence-electron chi connectivity index (χ0n) is 71.7. The molecule has 6 aliphatic rings. The number of hydrogen-bond acceptors (Lipinski definition) is 46. The molecule has 126 heavy (non-hydrogen) atoms. The van der Waals surface area contributed by atoms with Crippen molar-refractivity contribution in [3.8, 4) is 0 Å². The summed E-state index contributed by atoms with van der Waals surface area (Å²) in [7, 11) is 0. The van der Waals surface area contributed by atoms with Gasteiger partial charge in [-0.05, 0) is 6.92 Å². The molecule has 702 valence electrons. The van der Waals surface area contributed by atoms with E-state index in [1.165, 1.54) is 19.2 Å². The maximum absolute atomic E-state index is 14.7. The molecule has 1 aromatic heterocycles. The van der Waals surface area contributed by atoms with Crippen LogP contribution < -0.4 is 0 Å². The number of amides is 1. The van der Waals surface area contributed by atoms with Gasteiger partial charge in [-0.3, -0.25) is 86.3 Å². The Hall–Kier alpha value is -10.4. The lowest BCUT2D eigenvalue weighted by Gasteiger charge is -2.53. The summed E-state index contributed by atoms with van der Waals surface area (Å²) in [5.41, 5.74) is -0.269. The molecule has 48 nitrogen and oxygen atoms in total. The third-order valence-electron chi connectivity index (χ3n) is 18.8. The first-order chi connectivity index (χ1) is 59.0. The number of rotatable bonds is 35. The first-order valence-electron chi connectivity index (χ1n) is 38.8. The molecule has 0 N–H and O–H groups in total. The van der Waals surface area contributed by atoms with E-state index in [4.69, 9.17) is 146 Å². The van der Waals surface area contributed by atoms with Crippen LogP contribution in [0.25, 0.3) is 0 Å². The van der Waals surface area contributed by atoms with Gasteiger partial charge in [0.25, 0.3) is 0 Å². The lowest BCUT2D eigenvalue weighted by atomic mass is 9.84. The van der Waals surface area contributed by atoms with Crippen LogP contribution in [0, 0.1) is 0 Å². The summed E-state index contributed by atoms with van der Waals surface area (Å²) in [6.07, 6.45) is -43.1. The van der Waals surface area contributed by atoms with Crippen LogP contribution in [0.15, 0.2) is 17.8 Å². The Kier molecular flexibility index (Phi) is 37.3. The second kappa shape index (κ2) is 45.8. The number of ether oxygens (including phenoxy) is 26. The zero-order chi connectivity index (χ0) is 94.0. The van der Waals surface area contributed by atoms with Gasteiger partial charge < -0.3 is 128 Å². The summed E-state index contributed by atoms with van der Waals surface area (Å²) in [6.45, 7) is 14.2. The molecular weight excluding hydrogens is 1740 g/mol. The minimum absolute atomic E-state index is 0.117. The molecule has 0 radical (unpaired) electrons. The first-order valence-corrected chi connectivity index (χ1v) is 39.7. The number of carbonyl (C=O) groups excluding carboxylic acids is 18. The fraction of sp³-hybridized carbons (Fsp3) is 0.711. The van der Waals surface area contributed by atoms with Gasteiger partial charge in [-0.25, -0.2) is 4.68 Å². The van der Waals surface area contributed by atoms with Gasteiger partial charge in [-0.15, -0.1) is 28.3 Å². The SMILES string of the molecule is CC(=O)OCC1=C[C@H](N(C(C)=O)[C@@H]2C(C)O[C@H](O[C@@H]3C(COC(C)=O)O[C@H](O[C@@H]4C(COC(C)=O)O[C@@H](OCc5cn(C[C@H]6O[C@@](CCl)(O[C@H]7O[C@H](COC(C)=O)[C@H](Cl)[C@H](OC(C)=O)[C@H]7OC(C)=O)[C@@H](OC(C)=O)[C@@H]6OC(C)=O)nn5)C(OC(C)=O)C4OC(C)=O)C(OC(C)=O)C3OC(C)=O)C(OC(C)=O)C2OC(C)=O)[C@H](OC(C)=O)[C@@H](OC(C)=O)[C@@H]1OC(C)=O. The van der Waals surface area contributed by atoms with Crippen LogP contribution in [0.2, 0.25) is 0 Å². The van der Waals surface area contributed by atoms with Crippen molar-refractivity contribution in [2.24, 2.45) is 0 Å². The van der Waals surface area contributed by atoms with Gasteiger partial charge in [0.15, 0.2) is 98.2 Å². The maximum Gasteiger partial charge on any atom is 0.303 e. The van der Waals surface area contributed by atoms with Crippen LogP contribution in [0.4, 0.5) is 0 Å². The summed E-state index contributed by atoms with van der Waals surface area (Å²) < 4.78 is 155. The second-order valence-corrected chi connectivity index (χ2v) is 29.9. The molecule has 1 aliphatic carbocycles.